The molecule has 0 saturated heterocycles. The molecule has 2 N–H and O–H groups in total. The molecule has 0 heterocycles. The van der Waals surface area contributed by atoms with E-state index in [0.29, 0.717) is 17.9 Å². The van der Waals surface area contributed by atoms with Crippen molar-refractivity contribution in [2.75, 3.05) is 20.8 Å². The SMILES string of the molecule is CC[C@@H](CO)NC(=O)Cc1ccc(OC)c(OC)c1. The number of nitrogens with one attached hydrogen (secondary N) is 1. The summed E-state index contributed by atoms with van der Waals surface area (Å²) in [6, 6.07) is 5.18. The third-order valence-electron chi connectivity index (χ3n) is 2.89. The Bertz CT molecular complexity index is 416. The van der Waals surface area contributed by atoms with Gasteiger partial charge in [-0.3, -0.25) is 4.79 Å². The summed E-state index contributed by atoms with van der Waals surface area (Å²) < 4.78 is 10.3. The Kier molecular flexibility index (Phi) is 6.15. The Morgan fingerprint density at radius 3 is 2.53 bits per heavy atom. The lowest BCUT2D eigenvalue weighted by Crippen LogP contribution is -2.37. The Balaban J connectivity index is 2.69. The molecule has 0 aliphatic carbocycles. The summed E-state index contributed by atoms with van der Waals surface area (Å²) in [4.78, 5) is 11.8. The average Bonchev–Trinajstić information content (AvgIpc) is 2.44. The number of ether oxygens (including phenoxy) is 2. The average molecular weight is 267 g/mol. The minimum absolute atomic E-state index is 0.0474. The van der Waals surface area contributed by atoms with Crippen molar-refractivity contribution < 1.29 is 19.4 Å². The van der Waals surface area contributed by atoms with Gasteiger partial charge in [0, 0.05) is 0 Å². The van der Waals surface area contributed by atoms with Crippen molar-refractivity contribution in [1.82, 2.24) is 5.32 Å². The third-order valence-corrected chi connectivity index (χ3v) is 2.89. The molecule has 0 fully saturated rings. The van der Waals surface area contributed by atoms with Crippen LogP contribution in [0.3, 0.4) is 0 Å². The van der Waals surface area contributed by atoms with E-state index in [1.165, 1.54) is 0 Å². The number of hydrogen-bond donors (Lipinski definition) is 2. The summed E-state index contributed by atoms with van der Waals surface area (Å²) in [5, 5.41) is 11.8. The highest BCUT2D eigenvalue weighted by atomic mass is 16.5. The van der Waals surface area contributed by atoms with E-state index in [2.05, 4.69) is 5.32 Å². The predicted molar refractivity (Wildman–Crippen MR) is 72.6 cm³/mol. The molecule has 1 atom stereocenters. The second kappa shape index (κ2) is 7.63. The van der Waals surface area contributed by atoms with Gasteiger partial charge in [-0.25, -0.2) is 0 Å². The quantitative estimate of drug-likeness (QED) is 0.777. The minimum Gasteiger partial charge on any atom is -0.493 e. The van der Waals surface area contributed by atoms with Gasteiger partial charge >= 0.3 is 0 Å². The zero-order chi connectivity index (χ0) is 14.3. The van der Waals surface area contributed by atoms with Gasteiger partial charge in [-0.15, -0.1) is 0 Å². The molecular formula is C14H21NO4. The molecule has 106 valence electrons. The molecule has 19 heavy (non-hydrogen) atoms. The van der Waals surface area contributed by atoms with Gasteiger partial charge in [-0.05, 0) is 24.1 Å². The summed E-state index contributed by atoms with van der Waals surface area (Å²) in [5.74, 6) is 1.11. The maximum atomic E-state index is 11.8. The first-order chi connectivity index (χ1) is 9.14. The van der Waals surface area contributed by atoms with Crippen LogP contribution in [0, 0.1) is 0 Å². The molecule has 0 unspecified atom stereocenters. The number of hydrogen-bond acceptors (Lipinski definition) is 4. The predicted octanol–water partition coefficient (Wildman–Crippen LogP) is 1.13. The van der Waals surface area contributed by atoms with Gasteiger partial charge in [-0.2, -0.15) is 0 Å². The molecule has 0 bridgehead atoms. The molecule has 0 aliphatic rings. The number of methoxy groups -OCH3 is 2. The summed E-state index contributed by atoms with van der Waals surface area (Å²) in [5.41, 5.74) is 0.836. The van der Waals surface area contributed by atoms with Crippen molar-refractivity contribution in [2.24, 2.45) is 0 Å². The molecule has 5 heteroatoms. The number of carbonyl (C=O) groups excluding carboxylic acids is 1. The zero-order valence-corrected chi connectivity index (χ0v) is 11.6. The van der Waals surface area contributed by atoms with Crippen LogP contribution >= 0.6 is 0 Å². The van der Waals surface area contributed by atoms with Crippen molar-refractivity contribution in [1.29, 1.82) is 0 Å². The molecular weight excluding hydrogens is 246 g/mol. The first kappa shape index (κ1) is 15.3. The van der Waals surface area contributed by atoms with E-state index in [0.717, 1.165) is 5.56 Å². The van der Waals surface area contributed by atoms with Crippen LogP contribution in [-0.2, 0) is 11.2 Å². The fourth-order valence-corrected chi connectivity index (χ4v) is 1.73. The van der Waals surface area contributed by atoms with Crippen molar-refractivity contribution in [3.8, 4) is 11.5 Å². The Morgan fingerprint density at radius 1 is 1.32 bits per heavy atom. The highest BCUT2D eigenvalue weighted by Gasteiger charge is 2.11. The van der Waals surface area contributed by atoms with Gasteiger partial charge in [0.1, 0.15) is 0 Å². The minimum atomic E-state index is -0.187. The van der Waals surface area contributed by atoms with Crippen molar-refractivity contribution in [3.63, 3.8) is 0 Å². The Morgan fingerprint density at radius 2 is 2.00 bits per heavy atom. The van der Waals surface area contributed by atoms with Gasteiger partial charge in [0.15, 0.2) is 11.5 Å². The van der Waals surface area contributed by atoms with Crippen LogP contribution in [0.1, 0.15) is 18.9 Å². The number of benzene rings is 1. The second-order valence-corrected chi connectivity index (χ2v) is 4.22. The van der Waals surface area contributed by atoms with Gasteiger partial charge in [-0.1, -0.05) is 13.0 Å². The van der Waals surface area contributed by atoms with E-state index in [9.17, 15) is 4.79 Å². The Labute approximate surface area is 113 Å². The summed E-state index contributed by atoms with van der Waals surface area (Å²) in [6.07, 6.45) is 0.949. The summed E-state index contributed by atoms with van der Waals surface area (Å²) in [6.45, 7) is 1.87. The van der Waals surface area contributed by atoms with Crippen LogP contribution in [0.2, 0.25) is 0 Å². The van der Waals surface area contributed by atoms with Gasteiger partial charge in [0.2, 0.25) is 5.91 Å². The third kappa shape index (κ3) is 4.44. The Hall–Kier alpha value is -1.75. The van der Waals surface area contributed by atoms with Crippen LogP contribution in [0.4, 0.5) is 0 Å². The first-order valence-corrected chi connectivity index (χ1v) is 6.25. The van der Waals surface area contributed by atoms with E-state index in [-0.39, 0.29) is 25.0 Å². The molecule has 0 saturated carbocycles. The zero-order valence-electron chi connectivity index (χ0n) is 11.6. The lowest BCUT2D eigenvalue weighted by molar-refractivity contribution is -0.121. The van der Waals surface area contributed by atoms with Crippen LogP contribution in [0.15, 0.2) is 18.2 Å². The molecule has 0 aliphatic heterocycles. The smallest absolute Gasteiger partial charge is 0.224 e. The molecule has 1 aromatic rings. The van der Waals surface area contributed by atoms with Crippen LogP contribution in [0.25, 0.3) is 0 Å². The van der Waals surface area contributed by atoms with Crippen LogP contribution < -0.4 is 14.8 Å². The maximum absolute atomic E-state index is 11.8. The maximum Gasteiger partial charge on any atom is 0.224 e. The van der Waals surface area contributed by atoms with E-state index in [4.69, 9.17) is 14.6 Å². The normalized spacial score (nSPS) is 11.8. The van der Waals surface area contributed by atoms with Crippen LogP contribution in [0.5, 0.6) is 11.5 Å². The van der Waals surface area contributed by atoms with Crippen molar-refractivity contribution in [3.05, 3.63) is 23.8 Å². The highest BCUT2D eigenvalue weighted by molar-refractivity contribution is 5.79. The number of aliphatic hydroxyl groups is 1. The molecule has 0 radical (unpaired) electrons. The topological polar surface area (TPSA) is 67.8 Å². The van der Waals surface area contributed by atoms with Crippen LogP contribution in [-0.4, -0.2) is 37.9 Å². The molecule has 0 spiro atoms. The summed E-state index contributed by atoms with van der Waals surface area (Å²) in [7, 11) is 3.12. The lowest BCUT2D eigenvalue weighted by atomic mass is 10.1. The monoisotopic (exact) mass is 267 g/mol. The standard InChI is InChI=1S/C14H21NO4/c1-4-11(9-16)15-14(17)8-10-5-6-12(18-2)13(7-10)19-3/h5-7,11,16H,4,8-9H2,1-3H3,(H,15,17)/t11-/m0/s1. The van der Waals surface area contributed by atoms with E-state index in [1.807, 2.05) is 13.0 Å². The second-order valence-electron chi connectivity index (χ2n) is 4.22. The number of rotatable bonds is 7. The fourth-order valence-electron chi connectivity index (χ4n) is 1.73. The van der Waals surface area contributed by atoms with E-state index < -0.39 is 0 Å². The molecule has 0 aromatic heterocycles. The van der Waals surface area contributed by atoms with Crippen molar-refractivity contribution in [2.45, 2.75) is 25.8 Å². The lowest BCUT2D eigenvalue weighted by Gasteiger charge is -2.14. The summed E-state index contributed by atoms with van der Waals surface area (Å²) >= 11 is 0. The van der Waals surface area contributed by atoms with Gasteiger partial charge in [0.25, 0.3) is 0 Å². The first-order valence-electron chi connectivity index (χ1n) is 6.25. The van der Waals surface area contributed by atoms with Gasteiger partial charge < -0.3 is 19.9 Å². The number of amides is 1. The highest BCUT2D eigenvalue weighted by Crippen LogP contribution is 2.27. The van der Waals surface area contributed by atoms with Gasteiger partial charge in [0.05, 0.1) is 33.3 Å². The molecule has 5 nitrogen and oxygen atoms in total. The largest absolute Gasteiger partial charge is 0.493 e. The molecule has 1 rings (SSSR count). The molecule has 1 aromatic carbocycles. The number of carbonyl (C=O) groups is 1. The van der Waals surface area contributed by atoms with E-state index in [1.54, 1.807) is 26.4 Å². The molecule has 1 amide bonds. The number of aliphatic hydroxyl groups excluding tert-OH is 1. The van der Waals surface area contributed by atoms with E-state index >= 15 is 0 Å². The fraction of sp³-hybridized carbons (Fsp3) is 0.500. The van der Waals surface area contributed by atoms with Crippen molar-refractivity contribution >= 4 is 5.91 Å².